The number of halogens is 1. The van der Waals surface area contributed by atoms with Crippen LogP contribution in [0.2, 0.25) is 5.02 Å². The molecule has 7 heteroatoms. The maximum atomic E-state index is 12.2. The van der Waals surface area contributed by atoms with Crippen molar-refractivity contribution in [2.75, 3.05) is 26.1 Å². The number of rotatable bonds is 6. The summed E-state index contributed by atoms with van der Waals surface area (Å²) < 4.78 is 10.1. The van der Waals surface area contributed by atoms with Gasteiger partial charge in [0.1, 0.15) is 5.75 Å². The molecule has 0 aliphatic heterocycles. The van der Waals surface area contributed by atoms with E-state index in [-0.39, 0.29) is 12.2 Å². The van der Waals surface area contributed by atoms with Gasteiger partial charge >= 0.3 is 0 Å². The Hall–Kier alpha value is -2.08. The molecule has 21 heavy (non-hydrogen) atoms. The molecule has 2 aromatic rings. The molecule has 0 N–H and O–H groups in total. The Labute approximate surface area is 127 Å². The number of nitrogens with zero attached hydrogens (tertiary/aromatic N) is 3. The lowest BCUT2D eigenvalue weighted by Gasteiger charge is -2.05. The molecule has 0 aliphatic carbocycles. The first kappa shape index (κ1) is 15.3. The average Bonchev–Trinajstić information content (AvgIpc) is 2.93. The molecule has 2 rings (SSSR count). The van der Waals surface area contributed by atoms with Crippen LogP contribution in [0.3, 0.4) is 0 Å². The van der Waals surface area contributed by atoms with Gasteiger partial charge in [0.05, 0.1) is 12.1 Å². The van der Waals surface area contributed by atoms with Gasteiger partial charge in [-0.1, -0.05) is 11.6 Å². The molecule has 1 aromatic heterocycles. The largest absolute Gasteiger partial charge is 0.497 e. The highest BCUT2D eigenvalue weighted by atomic mass is 35.5. The molecule has 0 saturated carbocycles. The van der Waals surface area contributed by atoms with Gasteiger partial charge in [0.25, 0.3) is 5.95 Å². The van der Waals surface area contributed by atoms with Crippen LogP contribution in [0.15, 0.2) is 22.7 Å². The van der Waals surface area contributed by atoms with Gasteiger partial charge in [0.2, 0.25) is 5.89 Å². The number of benzene rings is 1. The molecule has 0 aliphatic rings. The first-order chi connectivity index (χ1) is 10.0. The van der Waals surface area contributed by atoms with Gasteiger partial charge < -0.3 is 14.2 Å². The smallest absolute Gasteiger partial charge is 0.265 e. The van der Waals surface area contributed by atoms with Crippen molar-refractivity contribution in [2.45, 2.75) is 12.8 Å². The summed E-state index contributed by atoms with van der Waals surface area (Å²) >= 11 is 6.07. The summed E-state index contributed by atoms with van der Waals surface area (Å²) in [6.07, 6.45) is 0.628. The zero-order valence-electron chi connectivity index (χ0n) is 12.1. The van der Waals surface area contributed by atoms with E-state index in [0.29, 0.717) is 34.6 Å². The van der Waals surface area contributed by atoms with Crippen molar-refractivity contribution in [3.8, 4) is 5.75 Å². The second-order valence-electron chi connectivity index (χ2n) is 4.65. The zero-order valence-corrected chi connectivity index (χ0v) is 12.8. The molecule has 1 aromatic carbocycles. The van der Waals surface area contributed by atoms with Crippen LogP contribution in [0.5, 0.6) is 5.75 Å². The van der Waals surface area contributed by atoms with Gasteiger partial charge in [-0.15, -0.1) is 0 Å². The summed E-state index contributed by atoms with van der Waals surface area (Å²) in [5.41, 5.74) is 0.463. The number of carbonyl (C=O) groups is 1. The normalized spacial score (nSPS) is 10.5. The Balaban J connectivity index is 2.01. The summed E-state index contributed by atoms with van der Waals surface area (Å²) in [4.78, 5) is 18.1. The molecular weight excluding hydrogens is 294 g/mol. The van der Waals surface area contributed by atoms with Crippen molar-refractivity contribution in [1.29, 1.82) is 0 Å². The average molecular weight is 310 g/mol. The van der Waals surface area contributed by atoms with Gasteiger partial charge in [-0.05, 0) is 23.4 Å². The number of hydrogen-bond acceptors (Lipinski definition) is 6. The van der Waals surface area contributed by atoms with Crippen LogP contribution >= 0.6 is 11.6 Å². The second kappa shape index (κ2) is 6.58. The number of ketones is 1. The molecule has 112 valence electrons. The molecule has 0 atom stereocenters. The summed E-state index contributed by atoms with van der Waals surface area (Å²) in [5, 5.41) is 4.17. The fourth-order valence-electron chi connectivity index (χ4n) is 1.73. The van der Waals surface area contributed by atoms with Crippen molar-refractivity contribution in [3.63, 3.8) is 0 Å². The lowest BCUT2D eigenvalue weighted by molar-refractivity contribution is 0.0980. The number of Topliss-reactive ketones (excluding diaryl/α,β-unsaturated/α-hetero) is 1. The van der Waals surface area contributed by atoms with E-state index in [2.05, 4.69) is 10.1 Å². The third-order valence-electron chi connectivity index (χ3n) is 2.90. The molecule has 0 spiro atoms. The maximum Gasteiger partial charge on any atom is 0.265 e. The molecule has 0 saturated heterocycles. The highest BCUT2D eigenvalue weighted by Crippen LogP contribution is 2.24. The predicted octanol–water partition coefficient (Wildman–Crippen LogP) is 2.61. The Morgan fingerprint density at radius 3 is 2.76 bits per heavy atom. The second-order valence-corrected chi connectivity index (χ2v) is 5.06. The highest BCUT2D eigenvalue weighted by molar-refractivity contribution is 6.34. The highest BCUT2D eigenvalue weighted by Gasteiger charge is 2.14. The molecule has 0 unspecified atom stereocenters. The van der Waals surface area contributed by atoms with E-state index in [0.717, 1.165) is 0 Å². The Bertz CT molecular complexity index is 640. The van der Waals surface area contributed by atoms with Crippen molar-refractivity contribution in [2.24, 2.45) is 0 Å². The summed E-state index contributed by atoms with van der Waals surface area (Å²) in [6, 6.07) is 4.98. The first-order valence-electron chi connectivity index (χ1n) is 6.38. The van der Waals surface area contributed by atoms with Crippen molar-refractivity contribution >= 4 is 23.3 Å². The molecule has 6 nitrogen and oxygen atoms in total. The van der Waals surface area contributed by atoms with E-state index in [1.54, 1.807) is 30.2 Å². The van der Waals surface area contributed by atoms with Crippen LogP contribution in [0.4, 0.5) is 5.95 Å². The predicted molar refractivity (Wildman–Crippen MR) is 79.3 cm³/mol. The molecule has 0 amide bonds. The third kappa shape index (κ3) is 3.72. The molecule has 0 fully saturated rings. The van der Waals surface area contributed by atoms with Crippen LogP contribution in [-0.4, -0.2) is 37.1 Å². The SMILES string of the molecule is COc1ccc(C(=O)CCc2nc(N(C)C)no2)c(Cl)c1. The quantitative estimate of drug-likeness (QED) is 0.764. The molecule has 0 radical (unpaired) electrons. The van der Waals surface area contributed by atoms with E-state index in [4.69, 9.17) is 20.9 Å². The van der Waals surface area contributed by atoms with Gasteiger partial charge in [0.15, 0.2) is 5.78 Å². The molecule has 0 bridgehead atoms. The van der Waals surface area contributed by atoms with Crippen LogP contribution in [0.25, 0.3) is 0 Å². The number of anilines is 1. The van der Waals surface area contributed by atoms with Crippen LogP contribution in [0.1, 0.15) is 22.7 Å². The van der Waals surface area contributed by atoms with E-state index in [9.17, 15) is 4.79 Å². The van der Waals surface area contributed by atoms with E-state index < -0.39 is 0 Å². The zero-order chi connectivity index (χ0) is 15.4. The van der Waals surface area contributed by atoms with E-state index in [1.807, 2.05) is 14.1 Å². The minimum Gasteiger partial charge on any atom is -0.497 e. The first-order valence-corrected chi connectivity index (χ1v) is 6.75. The Kier molecular flexibility index (Phi) is 4.80. The van der Waals surface area contributed by atoms with Crippen molar-refractivity contribution in [3.05, 3.63) is 34.7 Å². The molecular formula is C14H16ClN3O3. The maximum absolute atomic E-state index is 12.2. The number of hydrogen-bond donors (Lipinski definition) is 0. The Morgan fingerprint density at radius 1 is 1.43 bits per heavy atom. The van der Waals surface area contributed by atoms with Gasteiger partial charge in [-0.25, -0.2) is 0 Å². The number of carbonyl (C=O) groups excluding carboxylic acids is 1. The van der Waals surface area contributed by atoms with Crippen molar-refractivity contribution < 1.29 is 14.1 Å². The number of methoxy groups -OCH3 is 1. The third-order valence-corrected chi connectivity index (χ3v) is 3.21. The minimum absolute atomic E-state index is 0.0766. The monoisotopic (exact) mass is 309 g/mol. The van der Waals surface area contributed by atoms with Crippen LogP contribution in [0, 0.1) is 0 Å². The fourth-order valence-corrected chi connectivity index (χ4v) is 2.01. The number of aryl methyl sites for hydroxylation is 1. The Morgan fingerprint density at radius 2 is 2.19 bits per heavy atom. The van der Waals surface area contributed by atoms with E-state index in [1.165, 1.54) is 0 Å². The van der Waals surface area contributed by atoms with Gasteiger partial charge in [0, 0.05) is 32.5 Å². The minimum atomic E-state index is -0.0766. The van der Waals surface area contributed by atoms with Gasteiger partial charge in [-0.3, -0.25) is 4.79 Å². The molecule has 1 heterocycles. The summed E-state index contributed by atoms with van der Waals surface area (Å²) in [5.74, 6) is 1.45. The number of aromatic nitrogens is 2. The van der Waals surface area contributed by atoms with Gasteiger partial charge in [-0.2, -0.15) is 4.98 Å². The van der Waals surface area contributed by atoms with Crippen molar-refractivity contribution in [1.82, 2.24) is 10.1 Å². The topological polar surface area (TPSA) is 68.5 Å². The summed E-state index contributed by atoms with van der Waals surface area (Å²) in [7, 11) is 5.18. The number of ether oxygens (including phenoxy) is 1. The lowest BCUT2D eigenvalue weighted by atomic mass is 10.1. The standard InChI is InChI=1S/C14H16ClN3O3/c1-18(2)14-16-13(21-17-14)7-6-12(19)10-5-4-9(20-3)8-11(10)15/h4-5,8H,6-7H2,1-3H3. The lowest BCUT2D eigenvalue weighted by Crippen LogP contribution is -2.10. The summed E-state index contributed by atoms with van der Waals surface area (Å²) in [6.45, 7) is 0. The fraction of sp³-hybridized carbons (Fsp3) is 0.357. The van der Waals surface area contributed by atoms with Crippen LogP contribution < -0.4 is 9.64 Å². The van der Waals surface area contributed by atoms with Crippen LogP contribution in [-0.2, 0) is 6.42 Å². The van der Waals surface area contributed by atoms with E-state index >= 15 is 0 Å².